The fourth-order valence-electron chi connectivity index (χ4n) is 8.93. The molecule has 0 saturated carbocycles. The lowest BCUT2D eigenvalue weighted by Crippen LogP contribution is -2.69. The van der Waals surface area contributed by atoms with Crippen LogP contribution in [-0.4, -0.2) is 526 Å². The maximum absolute atomic E-state index is 11.2. The van der Waals surface area contributed by atoms with Gasteiger partial charge < -0.3 is 149 Å². The molecule has 22 aliphatic rings. The molecule has 0 amide bonds. The second-order valence-corrected chi connectivity index (χ2v) is 33.0. The van der Waals surface area contributed by atoms with Gasteiger partial charge in [-0.05, 0) is 0 Å². The van der Waals surface area contributed by atoms with Crippen LogP contribution in [0.3, 0.4) is 0 Å². The van der Waals surface area contributed by atoms with Gasteiger partial charge in [0.05, 0.1) is 39.6 Å². The lowest BCUT2D eigenvalue weighted by Gasteiger charge is -2.50. The molecule has 22 saturated heterocycles. The van der Waals surface area contributed by atoms with E-state index in [1.807, 2.05) is 0 Å². The molecule has 0 aromatic rings. The van der Waals surface area contributed by atoms with Gasteiger partial charge in [-0.2, -0.15) is 101 Å². The zero-order valence-corrected chi connectivity index (χ0v) is 69.7. The minimum Gasteiger partial charge on any atom is -0.394 e. The molecule has 0 aliphatic carbocycles. The summed E-state index contributed by atoms with van der Waals surface area (Å²) in [7, 11) is -56.0. The molecule has 0 aromatic carbocycles. The number of ether oxygens (including phenoxy) is 12. The molecule has 12 bridgehead atoms. The first-order valence-corrected chi connectivity index (χ1v) is 46.2. The number of hydrogen-bond donors (Lipinski definition) is 42. The molecule has 22 heterocycles. The van der Waals surface area contributed by atoms with Gasteiger partial charge in [0.15, 0.2) is 37.7 Å². The number of aliphatic hydroxyl groups excluding tert-OH is 18. The predicted octanol–water partition coefficient (Wildman–Crippen LogP) is -20.9. The van der Waals surface area contributed by atoms with Crippen LogP contribution in [0.25, 0.3) is 0 Å². The summed E-state index contributed by atoms with van der Waals surface area (Å²) in [5.41, 5.74) is 0. The third kappa shape index (κ3) is 74.6. The molecule has 0 aromatic heterocycles. The van der Waals surface area contributed by atoms with E-state index in [4.69, 9.17) is 267 Å². The van der Waals surface area contributed by atoms with Crippen molar-refractivity contribution in [3.8, 4) is 0 Å². The summed E-state index contributed by atoms with van der Waals surface area (Å²) in [4.78, 5) is 0. The van der Waals surface area contributed by atoms with Gasteiger partial charge in [0, 0.05) is 0 Å². The average molecular weight is 2150 g/mol. The molecule has 90 heteroatoms. The van der Waals surface area contributed by atoms with Gasteiger partial charge in [-0.15, -0.1) is 0 Å². The van der Waals surface area contributed by atoms with Crippen molar-refractivity contribution in [2.45, 2.75) is 184 Å². The summed E-state index contributed by atoms with van der Waals surface area (Å²) < 4.78 is 447. The van der Waals surface area contributed by atoms with Crippen LogP contribution in [0.2, 0.25) is 0 Å². The monoisotopic (exact) mass is 2150 g/mol. The Morgan fingerprint density at radius 2 is 0.198 bits per heavy atom. The SMILES string of the molecule is O=S(=O)(O)O.O=S(=O)(O)O.O=S(=O)(O)O.O=S(=O)(O)O.O=S(=O)(O)O.O=S(=O)(O)O.O=S(=O)(O)O.O=S(=O)(O)O.O=S(=O)(O)O.O=S(=O)(O)O.O=S(=O)(O)O.O=S(=O)(O)O.OC[C@H]1O[C@@H]2O[C@H]3[C@H](O)[C@@H](O)[C@@H](O[C@H]4[C@H](O)[C@@H](O)[C@@H](O[C@H]5[C@H](O)[C@@H](O)[C@@H](O[C@H]6[C@H](O)[C@@H](O)[C@@H](O[C@H]7[C@H](O)[C@@H](O)[C@@H](O[C@H]1[C@H](O)[C@H]2O)O[C@@H]7CO)O[C@@H]6CO)O[C@@H]5CO)O[C@@H]4CO)O[C@@H]3CO. The van der Waals surface area contributed by atoms with Crippen LogP contribution < -0.4 is 0 Å². The fraction of sp³-hybridized carbons (Fsp3) is 1.00. The molecular formula is C36H84O78S12. The minimum atomic E-state index is -4.67. The number of hydrogen-bond acceptors (Lipinski definition) is 54. The van der Waals surface area contributed by atoms with Gasteiger partial charge in [0.1, 0.15) is 146 Å². The van der Waals surface area contributed by atoms with Gasteiger partial charge in [0.25, 0.3) is 0 Å². The maximum Gasteiger partial charge on any atom is 0.394 e. The Labute approximate surface area is 704 Å². The quantitative estimate of drug-likeness (QED) is 0.110. The standard InChI is InChI=1S/C36H60O30.12H2O4S/c37-1-7-25-13(43)19(49)31(55-7)62-26-8(2-38)57-33(21(51)15(26)45)64-28-10(4-40)59-35(23(53)17(28)47)66-30-12(6-42)60-36(24(54)18(30)48)65-29-11(5-41)58-34(22(52)16(29)46)63-27-9(3-39)56-32(61-25)20(50)14(27)44;12*1-5(2,3)4/h7-54H,1-6H2;12*(H2,1,2,3,4)/t7-,8-,9-,10-,11-,12-,13-,14-,15-,16-,17-,18-,19-,20-,21-,22-,23-,24-,25-,26-,27-,28-,29-,30-,31-,32-,33-,34-,35-,36-;;;;;;;;;;;;/m1............/s1. The highest BCUT2D eigenvalue weighted by atomic mass is 32.3. The topological polar surface area (TPSA) is 1370 Å². The molecule has 30 atom stereocenters. The highest BCUT2D eigenvalue weighted by Gasteiger charge is 2.59. The van der Waals surface area contributed by atoms with E-state index in [2.05, 4.69) is 0 Å². The molecule has 0 radical (unpaired) electrons. The van der Waals surface area contributed by atoms with E-state index in [-0.39, 0.29) is 0 Å². The van der Waals surface area contributed by atoms with Crippen LogP contribution in [-0.2, 0) is 182 Å². The Morgan fingerprint density at radius 1 is 0.135 bits per heavy atom. The lowest BCUT2D eigenvalue weighted by molar-refractivity contribution is -0.404. The number of rotatable bonds is 6. The third-order valence-corrected chi connectivity index (χ3v) is 12.7. The van der Waals surface area contributed by atoms with Gasteiger partial charge in [-0.25, -0.2) is 0 Å². The first kappa shape index (κ1) is 134. The van der Waals surface area contributed by atoms with E-state index in [9.17, 15) is 91.9 Å². The molecule has 126 heavy (non-hydrogen) atoms. The van der Waals surface area contributed by atoms with E-state index in [1.165, 1.54) is 0 Å². The summed E-state index contributed by atoms with van der Waals surface area (Å²) in [6.45, 7) is -5.99. The molecule has 768 valence electrons. The molecule has 0 unspecified atom stereocenters. The van der Waals surface area contributed by atoms with E-state index >= 15 is 0 Å². The Hall–Kier alpha value is -2.76. The summed E-state index contributed by atoms with van der Waals surface area (Å²) in [5, 5.41) is 196. The van der Waals surface area contributed by atoms with Crippen LogP contribution in [0.5, 0.6) is 0 Å². The van der Waals surface area contributed by atoms with E-state index in [0.29, 0.717) is 0 Å². The van der Waals surface area contributed by atoms with Crippen LogP contribution in [0.1, 0.15) is 0 Å². The third-order valence-electron chi connectivity index (χ3n) is 12.7. The second kappa shape index (κ2) is 57.2. The zero-order chi connectivity index (χ0) is 102. The Bertz CT molecular complexity index is 3520. The molecule has 78 nitrogen and oxygen atoms in total. The molecular weight excluding hydrogens is 2070 g/mol. The Morgan fingerprint density at radius 3 is 0.254 bits per heavy atom. The Balaban J connectivity index is -0.000000479. The first-order valence-electron chi connectivity index (χ1n) is 29.5. The van der Waals surface area contributed by atoms with E-state index in [1.54, 1.807) is 0 Å². The lowest BCUT2D eigenvalue weighted by atomic mass is 9.94. The van der Waals surface area contributed by atoms with Gasteiger partial charge in [-0.3, -0.25) is 109 Å². The number of aliphatic hydroxyl groups is 18. The van der Waals surface area contributed by atoms with Crippen molar-refractivity contribution in [2.24, 2.45) is 0 Å². The molecule has 22 aliphatic heterocycles. The minimum absolute atomic E-state index is 0.999. The van der Waals surface area contributed by atoms with Gasteiger partial charge >= 0.3 is 125 Å². The normalized spacial score (nSPS) is 34.5. The highest BCUT2D eigenvalue weighted by molar-refractivity contribution is 7.82. The predicted molar refractivity (Wildman–Crippen MR) is 366 cm³/mol. The van der Waals surface area contributed by atoms with Crippen molar-refractivity contribution in [3.63, 3.8) is 0 Å². The first-order chi connectivity index (χ1) is 55.4. The van der Waals surface area contributed by atoms with Gasteiger partial charge in [-0.1, -0.05) is 0 Å². The van der Waals surface area contributed by atoms with Crippen molar-refractivity contribution in [1.82, 2.24) is 0 Å². The zero-order valence-electron chi connectivity index (χ0n) is 59.9. The van der Waals surface area contributed by atoms with E-state index in [0.717, 1.165) is 0 Å². The summed E-state index contributed by atoms with van der Waals surface area (Å²) in [6, 6.07) is 0. The van der Waals surface area contributed by atoms with Crippen molar-refractivity contribution in [2.75, 3.05) is 39.6 Å². The van der Waals surface area contributed by atoms with Crippen molar-refractivity contribution in [1.29, 1.82) is 0 Å². The van der Waals surface area contributed by atoms with Crippen molar-refractivity contribution >= 4 is 125 Å². The molecule has 0 spiro atoms. The largest absolute Gasteiger partial charge is 0.394 e. The molecule has 22 fully saturated rings. The molecule has 42 N–H and O–H groups in total. The summed E-state index contributed by atoms with van der Waals surface area (Å²) in [6.07, 6.45) is -58.5. The van der Waals surface area contributed by atoms with E-state index < -0.39 is 349 Å². The molecule has 22 rings (SSSR count). The second-order valence-electron chi connectivity index (χ2n) is 22.2. The van der Waals surface area contributed by atoms with Crippen LogP contribution in [0, 0.1) is 0 Å². The van der Waals surface area contributed by atoms with Crippen LogP contribution in [0.4, 0.5) is 0 Å². The summed E-state index contributed by atoms with van der Waals surface area (Å²) in [5.74, 6) is 0. The Kier molecular flexibility index (Phi) is 60.8. The van der Waals surface area contributed by atoms with Crippen LogP contribution in [0.15, 0.2) is 0 Å². The highest BCUT2D eigenvalue weighted by Crippen LogP contribution is 2.38. The van der Waals surface area contributed by atoms with Crippen molar-refractivity contribution < 1.29 is 359 Å². The maximum atomic E-state index is 11.2. The summed E-state index contributed by atoms with van der Waals surface area (Å²) >= 11 is 0. The smallest absolute Gasteiger partial charge is 0.394 e. The average Bonchev–Trinajstić information content (AvgIpc) is 0.769. The van der Waals surface area contributed by atoms with Crippen molar-refractivity contribution in [3.05, 3.63) is 0 Å². The van der Waals surface area contributed by atoms with Crippen LogP contribution >= 0.6 is 0 Å². The van der Waals surface area contributed by atoms with Gasteiger partial charge in [0.2, 0.25) is 0 Å². The fourth-order valence-corrected chi connectivity index (χ4v) is 8.93.